The number of nitrogens with zero attached hydrogens (tertiary/aromatic N) is 2. The van der Waals surface area contributed by atoms with Crippen LogP contribution in [-0.2, 0) is 14.8 Å². The Morgan fingerprint density at radius 1 is 1.06 bits per heavy atom. The van der Waals surface area contributed by atoms with E-state index in [0.29, 0.717) is 34.5 Å². The Labute approximate surface area is 187 Å². The second-order valence-corrected chi connectivity index (χ2v) is 9.06. The number of ether oxygens (including phenoxy) is 2. The van der Waals surface area contributed by atoms with Crippen molar-refractivity contribution in [1.29, 1.82) is 0 Å². The van der Waals surface area contributed by atoms with Crippen LogP contribution in [0.2, 0.25) is 0 Å². The highest BCUT2D eigenvalue weighted by Gasteiger charge is 2.22. The lowest BCUT2D eigenvalue weighted by Gasteiger charge is -2.24. The van der Waals surface area contributed by atoms with Crippen LogP contribution in [0.4, 0.5) is 5.69 Å². The quantitative estimate of drug-likeness (QED) is 0.454. The van der Waals surface area contributed by atoms with Crippen LogP contribution in [0.15, 0.2) is 54.7 Å². The summed E-state index contributed by atoms with van der Waals surface area (Å²) in [5.74, 6) is -0.308. The van der Waals surface area contributed by atoms with Crippen LogP contribution < -0.4 is 9.04 Å². The molecule has 9 heteroatoms. The topological polar surface area (TPSA) is 94.9 Å². The van der Waals surface area contributed by atoms with Gasteiger partial charge < -0.3 is 9.47 Å². The molecule has 3 aromatic rings. The number of aromatic nitrogens is 1. The number of fused-ring (bicyclic) bond motifs is 1. The molecule has 0 spiro atoms. The molecule has 32 heavy (non-hydrogen) atoms. The molecule has 0 saturated heterocycles. The van der Waals surface area contributed by atoms with Gasteiger partial charge >= 0.3 is 5.97 Å². The zero-order valence-corrected chi connectivity index (χ0v) is 19.1. The number of anilines is 1. The summed E-state index contributed by atoms with van der Waals surface area (Å²) in [5.41, 5.74) is 1.34. The highest BCUT2D eigenvalue weighted by atomic mass is 32.2. The van der Waals surface area contributed by atoms with Crippen LogP contribution in [0.5, 0.6) is 5.75 Å². The average molecular weight is 459 g/mol. The first-order valence-electron chi connectivity index (χ1n) is 10.2. The third-order valence-electron chi connectivity index (χ3n) is 4.97. The summed E-state index contributed by atoms with van der Waals surface area (Å²) >= 11 is 0. The molecular formula is C23H26N2O6S. The summed E-state index contributed by atoms with van der Waals surface area (Å²) in [6.45, 7) is 2.33. The molecule has 0 atom stereocenters. The number of hydrogen-bond donors (Lipinski definition) is 0. The maximum atomic E-state index is 12.9. The van der Waals surface area contributed by atoms with Gasteiger partial charge in [0.05, 0.1) is 36.7 Å². The molecule has 1 heterocycles. The fourth-order valence-corrected chi connectivity index (χ4v) is 4.53. The van der Waals surface area contributed by atoms with E-state index < -0.39 is 16.0 Å². The monoisotopic (exact) mass is 458 g/mol. The molecule has 0 radical (unpaired) electrons. The van der Waals surface area contributed by atoms with Crippen molar-refractivity contribution in [2.75, 3.05) is 30.8 Å². The van der Waals surface area contributed by atoms with Crippen LogP contribution in [0.1, 0.15) is 34.9 Å². The average Bonchev–Trinajstić information content (AvgIpc) is 3.16. The number of benzene rings is 2. The van der Waals surface area contributed by atoms with Crippen molar-refractivity contribution in [2.24, 2.45) is 0 Å². The zero-order valence-electron chi connectivity index (χ0n) is 18.3. The van der Waals surface area contributed by atoms with E-state index in [0.717, 1.165) is 6.26 Å². The smallest absolute Gasteiger partial charge is 0.340 e. The van der Waals surface area contributed by atoms with E-state index in [-0.39, 0.29) is 25.3 Å². The molecule has 0 saturated carbocycles. The number of carbonyl (C=O) groups excluding carboxylic acids is 2. The lowest BCUT2D eigenvalue weighted by molar-refractivity contribution is 0.0603. The van der Waals surface area contributed by atoms with Crippen LogP contribution in [0.3, 0.4) is 0 Å². The summed E-state index contributed by atoms with van der Waals surface area (Å²) in [6, 6.07) is 14.0. The molecule has 0 unspecified atom stereocenters. The summed E-state index contributed by atoms with van der Waals surface area (Å²) in [6.07, 6.45) is 2.96. The zero-order chi connectivity index (χ0) is 23.3. The van der Waals surface area contributed by atoms with Gasteiger partial charge in [0.1, 0.15) is 5.75 Å². The number of para-hydroxylation sites is 3. The molecular weight excluding hydrogens is 432 g/mol. The number of sulfonamides is 1. The molecule has 1 aromatic heterocycles. The third kappa shape index (κ3) is 4.94. The van der Waals surface area contributed by atoms with Gasteiger partial charge in [-0.05, 0) is 31.5 Å². The minimum atomic E-state index is -3.59. The lowest BCUT2D eigenvalue weighted by atomic mass is 10.2. The van der Waals surface area contributed by atoms with Crippen molar-refractivity contribution >= 4 is 38.5 Å². The molecule has 170 valence electrons. The van der Waals surface area contributed by atoms with Crippen LogP contribution >= 0.6 is 0 Å². The number of hydrogen-bond acceptors (Lipinski definition) is 6. The van der Waals surface area contributed by atoms with Crippen LogP contribution in [0.25, 0.3) is 10.9 Å². The van der Waals surface area contributed by atoms with E-state index in [2.05, 4.69) is 0 Å². The fourth-order valence-electron chi connectivity index (χ4n) is 3.56. The molecule has 3 rings (SSSR count). The van der Waals surface area contributed by atoms with Gasteiger partial charge in [0.15, 0.2) is 0 Å². The molecule has 2 aromatic carbocycles. The second kappa shape index (κ2) is 9.86. The normalized spacial score (nSPS) is 11.3. The molecule has 0 bridgehead atoms. The van der Waals surface area contributed by atoms with Gasteiger partial charge in [0, 0.05) is 24.5 Å². The van der Waals surface area contributed by atoms with Crippen molar-refractivity contribution in [3.63, 3.8) is 0 Å². The van der Waals surface area contributed by atoms with Crippen molar-refractivity contribution in [2.45, 2.75) is 19.8 Å². The first kappa shape index (κ1) is 23.3. The van der Waals surface area contributed by atoms with E-state index >= 15 is 0 Å². The van der Waals surface area contributed by atoms with Gasteiger partial charge in [0.2, 0.25) is 15.9 Å². The summed E-state index contributed by atoms with van der Waals surface area (Å²) in [7, 11) is -2.30. The van der Waals surface area contributed by atoms with Crippen molar-refractivity contribution < 1.29 is 27.5 Å². The SMILES string of the molecule is CCOc1ccccc1N(CCCC(=O)n1cc(C(=O)OC)c2ccccc21)S(C)(=O)=O. The Kier molecular flexibility index (Phi) is 7.19. The first-order chi connectivity index (χ1) is 15.3. The number of esters is 1. The molecule has 0 aliphatic rings. The van der Waals surface area contributed by atoms with E-state index in [4.69, 9.17) is 9.47 Å². The largest absolute Gasteiger partial charge is 0.492 e. The third-order valence-corrected chi connectivity index (χ3v) is 6.15. The Balaban J connectivity index is 1.81. The number of rotatable bonds is 9. The predicted molar refractivity (Wildman–Crippen MR) is 123 cm³/mol. The molecule has 0 fully saturated rings. The molecule has 0 aliphatic heterocycles. The van der Waals surface area contributed by atoms with Gasteiger partial charge in [-0.2, -0.15) is 0 Å². The number of carbonyl (C=O) groups is 2. The predicted octanol–water partition coefficient (Wildman–Crippen LogP) is 3.71. The van der Waals surface area contributed by atoms with Crippen molar-refractivity contribution in [1.82, 2.24) is 4.57 Å². The summed E-state index contributed by atoms with van der Waals surface area (Å²) in [5, 5.41) is 0.621. The summed E-state index contributed by atoms with van der Waals surface area (Å²) in [4.78, 5) is 25.0. The maximum absolute atomic E-state index is 12.9. The lowest BCUT2D eigenvalue weighted by Crippen LogP contribution is -2.31. The van der Waals surface area contributed by atoms with Gasteiger partial charge in [0.25, 0.3) is 0 Å². The Bertz CT molecular complexity index is 1230. The highest BCUT2D eigenvalue weighted by Crippen LogP contribution is 2.30. The van der Waals surface area contributed by atoms with Crippen LogP contribution in [-0.4, -0.2) is 51.4 Å². The number of methoxy groups -OCH3 is 1. The standard InChI is InChI=1S/C23H26N2O6S/c1-4-31-21-13-8-7-12-20(21)25(32(3,28)29)15-9-14-22(26)24-16-18(23(27)30-2)17-10-5-6-11-19(17)24/h5-8,10-13,16H,4,9,14-15H2,1-3H3. The fraction of sp³-hybridized carbons (Fsp3) is 0.304. The minimum Gasteiger partial charge on any atom is -0.492 e. The first-order valence-corrected chi connectivity index (χ1v) is 12.0. The van der Waals surface area contributed by atoms with E-state index in [1.807, 2.05) is 6.92 Å². The molecule has 0 N–H and O–H groups in total. The van der Waals surface area contributed by atoms with E-state index in [1.54, 1.807) is 48.5 Å². The Morgan fingerprint density at radius 3 is 2.44 bits per heavy atom. The van der Waals surface area contributed by atoms with Crippen LogP contribution in [0, 0.1) is 0 Å². The molecule has 0 aliphatic carbocycles. The van der Waals surface area contributed by atoms with Gasteiger partial charge in [-0.15, -0.1) is 0 Å². The van der Waals surface area contributed by atoms with Gasteiger partial charge in [-0.3, -0.25) is 13.7 Å². The van der Waals surface area contributed by atoms with E-state index in [1.165, 1.54) is 22.2 Å². The molecule has 8 nitrogen and oxygen atoms in total. The highest BCUT2D eigenvalue weighted by molar-refractivity contribution is 7.92. The Hall–Kier alpha value is -3.33. The minimum absolute atomic E-state index is 0.0854. The van der Waals surface area contributed by atoms with Gasteiger partial charge in [-0.25, -0.2) is 13.2 Å². The second-order valence-electron chi connectivity index (χ2n) is 7.15. The molecule has 0 amide bonds. The van der Waals surface area contributed by atoms with Crippen molar-refractivity contribution in [3.8, 4) is 5.75 Å². The van der Waals surface area contributed by atoms with Gasteiger partial charge in [-0.1, -0.05) is 30.3 Å². The van der Waals surface area contributed by atoms with Crippen molar-refractivity contribution in [3.05, 3.63) is 60.3 Å². The Morgan fingerprint density at radius 2 is 1.75 bits per heavy atom. The summed E-state index contributed by atoms with van der Waals surface area (Å²) < 4.78 is 38.0. The van der Waals surface area contributed by atoms with E-state index in [9.17, 15) is 18.0 Å². The maximum Gasteiger partial charge on any atom is 0.340 e.